The van der Waals surface area contributed by atoms with E-state index in [-0.39, 0.29) is 12.6 Å². The second-order valence-corrected chi connectivity index (χ2v) is 4.36. The summed E-state index contributed by atoms with van der Waals surface area (Å²) in [5.74, 6) is -1.65. The highest BCUT2D eigenvalue weighted by atomic mass is 16.5. The van der Waals surface area contributed by atoms with Gasteiger partial charge >= 0.3 is 6.03 Å². The van der Waals surface area contributed by atoms with E-state index < -0.39 is 23.8 Å². The number of methoxy groups -OCH3 is 1. The fraction of sp³-hybridized carbons (Fsp3) is 0.750. The molecule has 1 N–H and O–H groups in total. The van der Waals surface area contributed by atoms with E-state index in [0.717, 1.165) is 4.90 Å². The molecule has 6 heteroatoms. The summed E-state index contributed by atoms with van der Waals surface area (Å²) in [7, 11) is 1.52. The summed E-state index contributed by atoms with van der Waals surface area (Å²) < 4.78 is 5.01. The van der Waals surface area contributed by atoms with E-state index >= 15 is 0 Å². The van der Waals surface area contributed by atoms with Crippen LogP contribution >= 0.6 is 0 Å². The second kappa shape index (κ2) is 6.49. The summed E-state index contributed by atoms with van der Waals surface area (Å²) in [6.07, 6.45) is 1.77. The second-order valence-electron chi connectivity index (χ2n) is 4.36. The van der Waals surface area contributed by atoms with Gasteiger partial charge in [0, 0.05) is 7.11 Å². The number of hydrogen-bond donors (Lipinski definition) is 1. The maximum absolute atomic E-state index is 12.2. The van der Waals surface area contributed by atoms with E-state index in [1.165, 1.54) is 7.11 Å². The Morgan fingerprint density at radius 2 is 2.00 bits per heavy atom. The maximum atomic E-state index is 12.2. The van der Waals surface area contributed by atoms with Gasteiger partial charge in [0.1, 0.15) is 5.92 Å². The molecule has 18 heavy (non-hydrogen) atoms. The largest absolute Gasteiger partial charge is 0.383 e. The third kappa shape index (κ3) is 2.87. The minimum atomic E-state index is -0.751. The SMILES string of the molecule is CCCC1C(=O)NC(=O)N(C(CC)COC)C1=O. The lowest BCUT2D eigenvalue weighted by Crippen LogP contribution is -2.61. The van der Waals surface area contributed by atoms with Crippen LogP contribution in [0.25, 0.3) is 0 Å². The molecule has 6 nitrogen and oxygen atoms in total. The molecule has 0 aliphatic carbocycles. The molecular formula is C12H20N2O4. The molecule has 102 valence electrons. The van der Waals surface area contributed by atoms with Crippen molar-refractivity contribution in [2.45, 2.75) is 39.2 Å². The average molecular weight is 256 g/mol. The van der Waals surface area contributed by atoms with Crippen molar-refractivity contribution < 1.29 is 19.1 Å². The molecule has 1 rings (SSSR count). The Kier molecular flexibility index (Phi) is 5.27. The van der Waals surface area contributed by atoms with Gasteiger partial charge in [-0.05, 0) is 12.8 Å². The van der Waals surface area contributed by atoms with Gasteiger partial charge in [0.25, 0.3) is 0 Å². The minimum Gasteiger partial charge on any atom is -0.383 e. The first-order chi connectivity index (χ1) is 8.56. The monoisotopic (exact) mass is 256 g/mol. The number of amides is 4. The molecule has 1 aliphatic heterocycles. The van der Waals surface area contributed by atoms with Crippen LogP contribution in [0.2, 0.25) is 0 Å². The lowest BCUT2D eigenvalue weighted by atomic mass is 9.98. The highest BCUT2D eigenvalue weighted by Crippen LogP contribution is 2.19. The zero-order valence-corrected chi connectivity index (χ0v) is 11.1. The third-order valence-corrected chi connectivity index (χ3v) is 3.07. The fourth-order valence-corrected chi connectivity index (χ4v) is 2.09. The van der Waals surface area contributed by atoms with Crippen molar-refractivity contribution in [2.75, 3.05) is 13.7 Å². The van der Waals surface area contributed by atoms with Crippen LogP contribution in [-0.4, -0.2) is 42.5 Å². The zero-order chi connectivity index (χ0) is 13.7. The lowest BCUT2D eigenvalue weighted by Gasteiger charge is -2.35. The highest BCUT2D eigenvalue weighted by molar-refractivity contribution is 6.16. The molecule has 0 aromatic rings. The van der Waals surface area contributed by atoms with Crippen molar-refractivity contribution in [3.05, 3.63) is 0 Å². The van der Waals surface area contributed by atoms with Crippen LogP contribution < -0.4 is 5.32 Å². The van der Waals surface area contributed by atoms with Crippen LogP contribution in [0.4, 0.5) is 4.79 Å². The first kappa shape index (κ1) is 14.6. The number of carbonyl (C=O) groups excluding carboxylic acids is 3. The van der Waals surface area contributed by atoms with Gasteiger partial charge in [-0.3, -0.25) is 19.8 Å². The third-order valence-electron chi connectivity index (χ3n) is 3.07. The van der Waals surface area contributed by atoms with Crippen molar-refractivity contribution in [1.82, 2.24) is 10.2 Å². The summed E-state index contributed by atoms with van der Waals surface area (Å²) in [6, 6.07) is -0.962. The number of nitrogens with one attached hydrogen (secondary N) is 1. The van der Waals surface area contributed by atoms with Gasteiger partial charge in [0.2, 0.25) is 11.8 Å². The summed E-state index contributed by atoms with van der Waals surface area (Å²) in [5.41, 5.74) is 0. The van der Waals surface area contributed by atoms with Crippen molar-refractivity contribution >= 4 is 17.8 Å². The summed E-state index contributed by atoms with van der Waals surface area (Å²) >= 11 is 0. The van der Waals surface area contributed by atoms with Gasteiger partial charge in [-0.2, -0.15) is 0 Å². The van der Waals surface area contributed by atoms with Crippen molar-refractivity contribution in [3.63, 3.8) is 0 Å². The number of rotatable bonds is 6. The molecule has 1 aliphatic rings. The zero-order valence-electron chi connectivity index (χ0n) is 11.1. The van der Waals surface area contributed by atoms with Crippen LogP contribution in [0, 0.1) is 5.92 Å². The van der Waals surface area contributed by atoms with E-state index in [1.54, 1.807) is 0 Å². The van der Waals surface area contributed by atoms with Crippen LogP contribution in [0.3, 0.4) is 0 Å². The van der Waals surface area contributed by atoms with E-state index in [0.29, 0.717) is 19.3 Å². The normalized spacial score (nSPS) is 22.1. The fourth-order valence-electron chi connectivity index (χ4n) is 2.09. The number of barbiturate groups is 1. The quantitative estimate of drug-likeness (QED) is 0.717. The molecule has 1 heterocycles. The van der Waals surface area contributed by atoms with Crippen LogP contribution in [0.15, 0.2) is 0 Å². The summed E-state index contributed by atoms with van der Waals surface area (Å²) in [6.45, 7) is 4.05. The van der Waals surface area contributed by atoms with Crippen molar-refractivity contribution in [3.8, 4) is 0 Å². The molecule has 2 unspecified atom stereocenters. The van der Waals surface area contributed by atoms with Gasteiger partial charge in [0.05, 0.1) is 12.6 Å². The van der Waals surface area contributed by atoms with Crippen LogP contribution in [0.5, 0.6) is 0 Å². The minimum absolute atomic E-state index is 0.280. The number of nitrogens with zero attached hydrogens (tertiary/aromatic N) is 1. The predicted octanol–water partition coefficient (Wildman–Crippen LogP) is 0.906. The smallest absolute Gasteiger partial charge is 0.331 e. The first-order valence-electron chi connectivity index (χ1n) is 6.23. The Balaban J connectivity index is 2.91. The van der Waals surface area contributed by atoms with E-state index in [2.05, 4.69) is 5.32 Å². The number of ether oxygens (including phenoxy) is 1. The number of carbonyl (C=O) groups is 3. The van der Waals surface area contributed by atoms with Gasteiger partial charge in [-0.1, -0.05) is 20.3 Å². The number of imide groups is 2. The Labute approximate surface area is 107 Å². The van der Waals surface area contributed by atoms with E-state index in [9.17, 15) is 14.4 Å². The molecule has 1 fully saturated rings. The molecule has 4 amide bonds. The molecular weight excluding hydrogens is 236 g/mol. The molecule has 0 aromatic heterocycles. The molecule has 0 radical (unpaired) electrons. The van der Waals surface area contributed by atoms with Crippen molar-refractivity contribution in [2.24, 2.45) is 5.92 Å². The summed E-state index contributed by atoms with van der Waals surface area (Å²) in [4.78, 5) is 36.7. The standard InChI is InChI=1S/C12H20N2O4/c1-4-6-9-10(15)13-12(17)14(11(9)16)8(5-2)7-18-3/h8-9H,4-7H2,1-3H3,(H,13,15,17). The molecule has 0 spiro atoms. The molecule has 0 bridgehead atoms. The Morgan fingerprint density at radius 1 is 1.33 bits per heavy atom. The first-order valence-corrected chi connectivity index (χ1v) is 6.23. The molecule has 0 saturated carbocycles. The van der Waals surface area contributed by atoms with Gasteiger partial charge in [0.15, 0.2) is 0 Å². The summed E-state index contributed by atoms with van der Waals surface area (Å²) in [5, 5.41) is 2.24. The van der Waals surface area contributed by atoms with Gasteiger partial charge in [-0.15, -0.1) is 0 Å². The van der Waals surface area contributed by atoms with Crippen molar-refractivity contribution in [1.29, 1.82) is 0 Å². The van der Waals surface area contributed by atoms with Gasteiger partial charge in [-0.25, -0.2) is 4.79 Å². The maximum Gasteiger partial charge on any atom is 0.331 e. The topological polar surface area (TPSA) is 75.7 Å². The van der Waals surface area contributed by atoms with Crippen LogP contribution in [-0.2, 0) is 14.3 Å². The Hall–Kier alpha value is -1.43. The molecule has 0 aromatic carbocycles. The number of urea groups is 1. The van der Waals surface area contributed by atoms with Crippen LogP contribution in [0.1, 0.15) is 33.1 Å². The average Bonchev–Trinajstić information content (AvgIpc) is 2.33. The van der Waals surface area contributed by atoms with E-state index in [1.807, 2.05) is 13.8 Å². The lowest BCUT2D eigenvalue weighted by molar-refractivity contribution is -0.145. The van der Waals surface area contributed by atoms with E-state index in [4.69, 9.17) is 4.74 Å². The molecule has 2 atom stereocenters. The Morgan fingerprint density at radius 3 is 2.50 bits per heavy atom. The predicted molar refractivity (Wildman–Crippen MR) is 64.7 cm³/mol. The highest BCUT2D eigenvalue weighted by Gasteiger charge is 2.42. The molecule has 1 saturated heterocycles. The van der Waals surface area contributed by atoms with Gasteiger partial charge < -0.3 is 4.74 Å². The number of hydrogen-bond acceptors (Lipinski definition) is 4. The Bertz CT molecular complexity index is 343.